The van der Waals surface area contributed by atoms with E-state index >= 15 is 0 Å². The number of aliphatic hydroxyl groups is 1. The van der Waals surface area contributed by atoms with Crippen molar-refractivity contribution in [3.63, 3.8) is 0 Å². The summed E-state index contributed by atoms with van der Waals surface area (Å²) in [6.07, 6.45) is 40.7. The maximum atomic E-state index is 12.8. The molecule has 3 N–H and O–H groups in total. The first-order chi connectivity index (χ1) is 24.5. The Morgan fingerprint density at radius 2 is 1.08 bits per heavy atom. The van der Waals surface area contributed by atoms with Gasteiger partial charge in [-0.05, 0) is 57.8 Å². The second-order valence-electron chi connectivity index (χ2n) is 15.4. The van der Waals surface area contributed by atoms with Gasteiger partial charge in [-0.2, -0.15) is 0 Å². The fraction of sp³-hybridized carbons (Fsp3) is 0.833. The Morgan fingerprint density at radius 1 is 0.647 bits per heavy atom. The molecule has 0 aromatic rings. The van der Waals surface area contributed by atoms with Crippen LogP contribution in [0.15, 0.2) is 36.5 Å². The van der Waals surface area contributed by atoms with E-state index in [9.17, 15) is 19.4 Å². The van der Waals surface area contributed by atoms with Crippen LogP contribution in [0.2, 0.25) is 0 Å². The summed E-state index contributed by atoms with van der Waals surface area (Å²) in [5.41, 5.74) is 0. The van der Waals surface area contributed by atoms with Gasteiger partial charge < -0.3 is 19.8 Å². The summed E-state index contributed by atoms with van der Waals surface area (Å²) in [7, 11) is 1.55. The third-order valence-corrected chi connectivity index (χ3v) is 10.1. The van der Waals surface area contributed by atoms with Crippen LogP contribution in [0, 0.1) is 0 Å². The molecule has 300 valence electrons. The molecule has 9 heteroatoms. The smallest absolute Gasteiger partial charge is 0.387 e. The molecule has 0 saturated heterocycles. The van der Waals surface area contributed by atoms with Crippen LogP contribution in [0.1, 0.15) is 174 Å². The average Bonchev–Trinajstić information content (AvgIpc) is 3.07. The predicted molar refractivity (Wildman–Crippen MR) is 217 cm³/mol. The van der Waals surface area contributed by atoms with Gasteiger partial charge in [0.25, 0.3) is 0 Å². The summed E-state index contributed by atoms with van der Waals surface area (Å²) in [4.78, 5) is 23.0. The van der Waals surface area contributed by atoms with Crippen LogP contribution in [0.25, 0.3) is 0 Å². The van der Waals surface area contributed by atoms with E-state index in [-0.39, 0.29) is 19.1 Å². The van der Waals surface area contributed by atoms with Gasteiger partial charge in [-0.1, -0.05) is 147 Å². The number of likely N-dealkylation sites (N-methyl/N-ethyl adjacent to an activating group) is 1. The Balaban J connectivity index is 4.55. The molecule has 0 bridgehead atoms. The van der Waals surface area contributed by atoms with Gasteiger partial charge in [-0.3, -0.25) is 13.8 Å². The fourth-order valence-electron chi connectivity index (χ4n) is 5.70. The summed E-state index contributed by atoms with van der Waals surface area (Å²) in [6, 6.07) is -0.864. The molecule has 0 aromatic carbocycles. The third-order valence-electron chi connectivity index (χ3n) is 9.08. The molecule has 0 heterocycles. The van der Waals surface area contributed by atoms with Crippen LogP contribution < -0.4 is 5.32 Å². The number of phosphoric acid groups is 1. The summed E-state index contributed by atoms with van der Waals surface area (Å²) in [6.45, 7) is 4.75. The number of unbranched alkanes of at least 4 members (excludes halogenated alkanes) is 20. The Bertz CT molecular complexity index is 933. The maximum Gasteiger partial charge on any atom is 0.472 e. The number of carbonyl (C=O) groups excluding carboxylic acids is 1. The van der Waals surface area contributed by atoms with E-state index in [1.807, 2.05) is 27.2 Å². The number of amides is 1. The average molecular weight is 742 g/mol. The zero-order valence-electron chi connectivity index (χ0n) is 33.8. The van der Waals surface area contributed by atoms with Crippen LogP contribution in [0.5, 0.6) is 0 Å². The van der Waals surface area contributed by atoms with Gasteiger partial charge in [0.05, 0.1) is 39.9 Å². The number of hydrogen-bond donors (Lipinski definition) is 3. The number of rotatable bonds is 37. The lowest BCUT2D eigenvalue weighted by Crippen LogP contribution is -2.45. The quantitative estimate of drug-likeness (QED) is 0.0253. The van der Waals surface area contributed by atoms with Gasteiger partial charge in [0.2, 0.25) is 5.91 Å². The first-order valence-electron chi connectivity index (χ1n) is 20.9. The summed E-state index contributed by atoms with van der Waals surface area (Å²) < 4.78 is 23.5. The minimum absolute atomic E-state index is 0.0544. The van der Waals surface area contributed by atoms with Crippen molar-refractivity contribution in [3.05, 3.63) is 36.5 Å². The minimum Gasteiger partial charge on any atom is -0.387 e. The van der Waals surface area contributed by atoms with E-state index in [4.69, 9.17) is 9.05 Å². The molecule has 0 rings (SSSR count). The largest absolute Gasteiger partial charge is 0.472 e. The highest BCUT2D eigenvalue weighted by Gasteiger charge is 2.27. The highest BCUT2D eigenvalue weighted by molar-refractivity contribution is 7.47. The first-order valence-corrected chi connectivity index (χ1v) is 22.4. The van der Waals surface area contributed by atoms with Crippen molar-refractivity contribution in [2.45, 2.75) is 187 Å². The monoisotopic (exact) mass is 742 g/mol. The zero-order valence-corrected chi connectivity index (χ0v) is 34.7. The number of allylic oxidation sites excluding steroid dienone is 5. The second kappa shape index (κ2) is 34.5. The molecule has 0 spiro atoms. The molecule has 3 unspecified atom stereocenters. The van der Waals surface area contributed by atoms with Gasteiger partial charge >= 0.3 is 7.82 Å². The summed E-state index contributed by atoms with van der Waals surface area (Å²) in [5.74, 6) is -0.198. The van der Waals surface area contributed by atoms with E-state index in [1.165, 1.54) is 103 Å². The molecular formula is C42H82N2O6P+. The molecule has 0 saturated carbocycles. The molecule has 3 atom stereocenters. The number of nitrogens with one attached hydrogen (secondary N) is 1. The fourth-order valence-corrected chi connectivity index (χ4v) is 6.43. The molecule has 1 amide bonds. The molecule has 0 aliphatic carbocycles. The lowest BCUT2D eigenvalue weighted by molar-refractivity contribution is -0.870. The Labute approximate surface area is 315 Å². The summed E-state index contributed by atoms with van der Waals surface area (Å²) >= 11 is 0. The highest BCUT2D eigenvalue weighted by Crippen LogP contribution is 2.43. The van der Waals surface area contributed by atoms with Gasteiger partial charge in [0.15, 0.2) is 0 Å². The number of hydrogen-bond acceptors (Lipinski definition) is 5. The SMILES string of the molecule is CCCCCC/C=C\CCCCCCCC(=O)NC(COP(=O)(O)OCC[N+](C)(C)C)C(O)/C=C/CC/C=C/CCCCCCCCCCCC. The van der Waals surface area contributed by atoms with Gasteiger partial charge in [-0.25, -0.2) is 4.57 Å². The van der Waals surface area contributed by atoms with Crippen molar-refractivity contribution in [3.8, 4) is 0 Å². The third kappa shape index (κ3) is 36.9. The van der Waals surface area contributed by atoms with Crippen molar-refractivity contribution in [2.24, 2.45) is 0 Å². The van der Waals surface area contributed by atoms with E-state index in [0.29, 0.717) is 17.4 Å². The maximum absolute atomic E-state index is 12.8. The summed E-state index contributed by atoms with van der Waals surface area (Å²) in [5, 5.41) is 13.8. The molecule has 0 aliphatic heterocycles. The molecule has 0 aliphatic rings. The van der Waals surface area contributed by atoms with E-state index in [0.717, 1.165) is 51.4 Å². The highest BCUT2D eigenvalue weighted by atomic mass is 31.2. The van der Waals surface area contributed by atoms with Crippen molar-refractivity contribution in [2.75, 3.05) is 40.9 Å². The lowest BCUT2D eigenvalue weighted by atomic mass is 10.1. The Hall–Kier alpha value is -1.28. The number of nitrogens with zero attached hydrogens (tertiary/aromatic N) is 1. The van der Waals surface area contributed by atoms with Crippen LogP contribution in [0.3, 0.4) is 0 Å². The first kappa shape index (κ1) is 49.7. The molecule has 0 radical (unpaired) electrons. The Morgan fingerprint density at radius 3 is 1.59 bits per heavy atom. The van der Waals surface area contributed by atoms with Gasteiger partial charge in [-0.15, -0.1) is 0 Å². The van der Waals surface area contributed by atoms with Crippen LogP contribution >= 0.6 is 7.82 Å². The van der Waals surface area contributed by atoms with E-state index < -0.39 is 20.0 Å². The minimum atomic E-state index is -4.34. The van der Waals surface area contributed by atoms with E-state index in [1.54, 1.807) is 6.08 Å². The van der Waals surface area contributed by atoms with Crippen molar-refractivity contribution in [1.29, 1.82) is 0 Å². The number of phosphoric ester groups is 1. The molecule has 8 nitrogen and oxygen atoms in total. The standard InChI is InChI=1S/C42H81N2O6P/c1-6-8-10-12-14-16-18-20-21-22-24-25-27-29-31-33-35-41(45)40(39-50-51(47,48)49-38-37-44(3,4)5)43-42(46)36-34-32-30-28-26-23-19-17-15-13-11-9-7-2/h17,19,25,27,33,35,40-41,45H,6-16,18,20-24,26,28-32,34,36-39H2,1-5H3,(H-,43,46,47,48)/p+1/b19-17-,27-25+,35-33+. The molecule has 0 aromatic heterocycles. The van der Waals surface area contributed by atoms with Crippen LogP contribution in [-0.2, 0) is 18.4 Å². The Kier molecular flexibility index (Phi) is 33.6. The zero-order chi connectivity index (χ0) is 37.9. The molecule has 51 heavy (non-hydrogen) atoms. The van der Waals surface area contributed by atoms with Crippen molar-refractivity contribution < 1.29 is 32.9 Å². The van der Waals surface area contributed by atoms with Crippen LogP contribution in [-0.4, -0.2) is 73.4 Å². The molecule has 0 fully saturated rings. The van der Waals surface area contributed by atoms with Crippen LogP contribution in [0.4, 0.5) is 0 Å². The van der Waals surface area contributed by atoms with E-state index in [2.05, 4.69) is 43.5 Å². The number of carbonyl (C=O) groups is 1. The lowest BCUT2D eigenvalue weighted by Gasteiger charge is -2.25. The number of quaternary nitrogens is 1. The number of aliphatic hydroxyl groups excluding tert-OH is 1. The van der Waals surface area contributed by atoms with Gasteiger partial charge in [0, 0.05) is 6.42 Å². The van der Waals surface area contributed by atoms with Crippen molar-refractivity contribution >= 4 is 13.7 Å². The normalized spacial score (nSPS) is 14.9. The second-order valence-corrected chi connectivity index (χ2v) is 16.8. The van der Waals surface area contributed by atoms with Gasteiger partial charge in [0.1, 0.15) is 13.2 Å². The predicted octanol–water partition coefficient (Wildman–Crippen LogP) is 11.1. The van der Waals surface area contributed by atoms with Crippen molar-refractivity contribution in [1.82, 2.24) is 5.32 Å². The topological polar surface area (TPSA) is 105 Å². The molecular weight excluding hydrogens is 659 g/mol.